The Bertz CT molecular complexity index is 473. The maximum Gasteiger partial charge on any atom is 0.238 e. The number of nitrogens with two attached hydrogens (primary N) is 1. The zero-order chi connectivity index (χ0) is 14.5. The smallest absolute Gasteiger partial charge is 0.238 e. The number of carbonyl (C=O) groups excluding carboxylic acids is 1. The van der Waals surface area contributed by atoms with E-state index in [0.717, 1.165) is 30.3 Å². The molecule has 4 heteroatoms. The van der Waals surface area contributed by atoms with Crippen molar-refractivity contribution in [2.75, 3.05) is 30.7 Å². The number of aryl methyl sites for hydroxylation is 1. The van der Waals surface area contributed by atoms with Crippen LogP contribution in [0.1, 0.15) is 31.7 Å². The minimum Gasteiger partial charge on any atom is -0.399 e. The molecule has 4 nitrogen and oxygen atoms in total. The standard InChI is InChI=1S/C16H25N3O/c1-12-4-3-8-19(9-7-12)11-16(20)18-15-10-14(17)6-5-13(15)2/h5-6,10,12H,3-4,7-9,11,17H2,1-2H3,(H,18,20). The summed E-state index contributed by atoms with van der Waals surface area (Å²) in [4.78, 5) is 14.4. The molecule has 1 amide bonds. The molecule has 1 aromatic rings. The summed E-state index contributed by atoms with van der Waals surface area (Å²) >= 11 is 0. The largest absolute Gasteiger partial charge is 0.399 e. The van der Waals surface area contributed by atoms with Crippen LogP contribution in [0.2, 0.25) is 0 Å². The van der Waals surface area contributed by atoms with Gasteiger partial charge >= 0.3 is 0 Å². The minimum atomic E-state index is 0.0493. The Balaban J connectivity index is 1.90. The Morgan fingerprint density at radius 3 is 3.00 bits per heavy atom. The van der Waals surface area contributed by atoms with E-state index in [1.807, 2.05) is 25.1 Å². The van der Waals surface area contributed by atoms with Crippen LogP contribution in [0.4, 0.5) is 11.4 Å². The molecule has 0 bridgehead atoms. The first kappa shape index (κ1) is 14.9. The molecule has 1 atom stereocenters. The van der Waals surface area contributed by atoms with Crippen LogP contribution in [-0.2, 0) is 4.79 Å². The highest BCUT2D eigenvalue weighted by molar-refractivity contribution is 5.93. The summed E-state index contributed by atoms with van der Waals surface area (Å²) in [6.07, 6.45) is 3.64. The van der Waals surface area contributed by atoms with Gasteiger partial charge in [0.05, 0.1) is 6.54 Å². The first-order valence-electron chi connectivity index (χ1n) is 7.43. The van der Waals surface area contributed by atoms with E-state index in [9.17, 15) is 4.79 Å². The van der Waals surface area contributed by atoms with E-state index in [1.54, 1.807) is 0 Å². The van der Waals surface area contributed by atoms with E-state index in [2.05, 4.69) is 17.1 Å². The Morgan fingerprint density at radius 1 is 1.40 bits per heavy atom. The van der Waals surface area contributed by atoms with Gasteiger partial charge in [-0.05, 0) is 62.9 Å². The highest BCUT2D eigenvalue weighted by Crippen LogP contribution is 2.19. The van der Waals surface area contributed by atoms with Crippen LogP contribution in [0.25, 0.3) is 0 Å². The van der Waals surface area contributed by atoms with Crippen LogP contribution in [0.3, 0.4) is 0 Å². The predicted octanol–water partition coefficient (Wildman–Crippen LogP) is 2.64. The molecular weight excluding hydrogens is 250 g/mol. The number of amides is 1. The number of hydrogen-bond acceptors (Lipinski definition) is 3. The molecule has 1 fully saturated rings. The van der Waals surface area contributed by atoms with Gasteiger partial charge < -0.3 is 11.1 Å². The molecule has 1 aliphatic rings. The quantitative estimate of drug-likeness (QED) is 0.834. The van der Waals surface area contributed by atoms with Gasteiger partial charge in [-0.15, -0.1) is 0 Å². The van der Waals surface area contributed by atoms with Crippen molar-refractivity contribution in [3.63, 3.8) is 0 Å². The molecule has 0 spiro atoms. The van der Waals surface area contributed by atoms with Gasteiger partial charge in [-0.2, -0.15) is 0 Å². The van der Waals surface area contributed by atoms with Gasteiger partial charge in [-0.1, -0.05) is 13.0 Å². The molecule has 1 aromatic carbocycles. The van der Waals surface area contributed by atoms with E-state index in [4.69, 9.17) is 5.73 Å². The number of likely N-dealkylation sites (tertiary alicyclic amines) is 1. The van der Waals surface area contributed by atoms with Gasteiger partial charge in [0.1, 0.15) is 0 Å². The second-order valence-electron chi connectivity index (χ2n) is 5.93. The van der Waals surface area contributed by atoms with Crippen LogP contribution < -0.4 is 11.1 Å². The zero-order valence-corrected chi connectivity index (χ0v) is 12.5. The topological polar surface area (TPSA) is 58.4 Å². The molecule has 1 heterocycles. The maximum absolute atomic E-state index is 12.1. The highest BCUT2D eigenvalue weighted by atomic mass is 16.2. The lowest BCUT2D eigenvalue weighted by molar-refractivity contribution is -0.117. The third-order valence-electron chi connectivity index (χ3n) is 4.01. The normalized spacial score (nSPS) is 20.4. The molecular formula is C16H25N3O. The fourth-order valence-electron chi connectivity index (χ4n) is 2.65. The Hall–Kier alpha value is -1.55. The maximum atomic E-state index is 12.1. The number of benzene rings is 1. The Labute approximate surface area is 121 Å². The van der Waals surface area contributed by atoms with Crippen LogP contribution in [0.15, 0.2) is 18.2 Å². The fourth-order valence-corrected chi connectivity index (χ4v) is 2.65. The van der Waals surface area contributed by atoms with Crippen molar-refractivity contribution in [3.05, 3.63) is 23.8 Å². The molecule has 1 unspecified atom stereocenters. The fraction of sp³-hybridized carbons (Fsp3) is 0.562. The first-order chi connectivity index (χ1) is 9.54. The third kappa shape index (κ3) is 4.23. The van der Waals surface area contributed by atoms with E-state index >= 15 is 0 Å². The van der Waals surface area contributed by atoms with E-state index in [0.29, 0.717) is 12.2 Å². The van der Waals surface area contributed by atoms with Crippen LogP contribution in [-0.4, -0.2) is 30.4 Å². The first-order valence-corrected chi connectivity index (χ1v) is 7.43. The second-order valence-corrected chi connectivity index (χ2v) is 5.93. The average Bonchev–Trinajstić information content (AvgIpc) is 2.59. The van der Waals surface area contributed by atoms with Crippen molar-refractivity contribution in [1.82, 2.24) is 4.90 Å². The summed E-state index contributed by atoms with van der Waals surface area (Å²) < 4.78 is 0. The monoisotopic (exact) mass is 275 g/mol. The summed E-state index contributed by atoms with van der Waals surface area (Å²) in [6.45, 7) is 6.78. The van der Waals surface area contributed by atoms with Gasteiger partial charge in [0.15, 0.2) is 0 Å². The number of carbonyl (C=O) groups is 1. The van der Waals surface area contributed by atoms with E-state index < -0.39 is 0 Å². The molecule has 3 N–H and O–H groups in total. The van der Waals surface area contributed by atoms with Crippen molar-refractivity contribution in [1.29, 1.82) is 0 Å². The number of anilines is 2. The van der Waals surface area contributed by atoms with Crippen molar-refractivity contribution in [2.45, 2.75) is 33.1 Å². The second kappa shape index (κ2) is 6.75. The molecule has 0 aliphatic carbocycles. The molecule has 0 aromatic heterocycles. The van der Waals surface area contributed by atoms with Gasteiger partial charge in [0, 0.05) is 11.4 Å². The average molecular weight is 275 g/mol. The summed E-state index contributed by atoms with van der Waals surface area (Å²) in [7, 11) is 0. The number of nitrogens with one attached hydrogen (secondary N) is 1. The van der Waals surface area contributed by atoms with Gasteiger partial charge in [0.2, 0.25) is 5.91 Å². The van der Waals surface area contributed by atoms with Crippen LogP contribution >= 0.6 is 0 Å². The van der Waals surface area contributed by atoms with E-state index in [-0.39, 0.29) is 5.91 Å². The SMILES string of the molecule is Cc1ccc(N)cc1NC(=O)CN1CCCC(C)CC1. The summed E-state index contributed by atoms with van der Waals surface area (Å²) in [5.41, 5.74) is 8.29. The lowest BCUT2D eigenvalue weighted by Gasteiger charge is -2.19. The summed E-state index contributed by atoms with van der Waals surface area (Å²) in [5.74, 6) is 0.826. The molecule has 0 radical (unpaired) electrons. The lowest BCUT2D eigenvalue weighted by Crippen LogP contribution is -2.34. The highest BCUT2D eigenvalue weighted by Gasteiger charge is 2.16. The van der Waals surface area contributed by atoms with Gasteiger partial charge in [-0.3, -0.25) is 9.69 Å². The molecule has 2 rings (SSSR count). The van der Waals surface area contributed by atoms with Gasteiger partial charge in [0.25, 0.3) is 0 Å². The van der Waals surface area contributed by atoms with Crippen LogP contribution in [0.5, 0.6) is 0 Å². The zero-order valence-electron chi connectivity index (χ0n) is 12.5. The van der Waals surface area contributed by atoms with Crippen molar-refractivity contribution in [2.24, 2.45) is 5.92 Å². The molecule has 110 valence electrons. The van der Waals surface area contributed by atoms with Crippen molar-refractivity contribution < 1.29 is 4.79 Å². The number of nitrogens with zero attached hydrogens (tertiary/aromatic N) is 1. The summed E-state index contributed by atoms with van der Waals surface area (Å²) in [5, 5.41) is 2.97. The Kier molecular flexibility index (Phi) is 5.01. The summed E-state index contributed by atoms with van der Waals surface area (Å²) in [6, 6.07) is 5.59. The lowest BCUT2D eigenvalue weighted by atomic mass is 10.0. The van der Waals surface area contributed by atoms with E-state index in [1.165, 1.54) is 19.3 Å². The number of rotatable bonds is 3. The molecule has 0 saturated carbocycles. The molecule has 1 aliphatic heterocycles. The third-order valence-corrected chi connectivity index (χ3v) is 4.01. The predicted molar refractivity (Wildman–Crippen MR) is 83.7 cm³/mol. The van der Waals surface area contributed by atoms with Crippen molar-refractivity contribution >= 4 is 17.3 Å². The van der Waals surface area contributed by atoms with Gasteiger partial charge in [-0.25, -0.2) is 0 Å². The molecule has 1 saturated heterocycles. The van der Waals surface area contributed by atoms with Crippen molar-refractivity contribution in [3.8, 4) is 0 Å². The Morgan fingerprint density at radius 2 is 2.20 bits per heavy atom. The number of hydrogen-bond donors (Lipinski definition) is 2. The molecule has 20 heavy (non-hydrogen) atoms. The van der Waals surface area contributed by atoms with Crippen LogP contribution in [0, 0.1) is 12.8 Å². The minimum absolute atomic E-state index is 0.0493. The number of nitrogen functional groups attached to an aromatic ring is 1.